The van der Waals surface area contributed by atoms with Gasteiger partial charge in [-0.15, -0.1) is 0 Å². The number of anilines is 1. The first-order valence-corrected chi connectivity index (χ1v) is 8.38. The predicted molar refractivity (Wildman–Crippen MR) is 93.9 cm³/mol. The Balaban J connectivity index is 1.55. The second-order valence-electron chi connectivity index (χ2n) is 5.77. The quantitative estimate of drug-likeness (QED) is 0.481. The normalized spacial score (nSPS) is 11.1. The van der Waals surface area contributed by atoms with Crippen LogP contribution in [0.25, 0.3) is 0 Å². The Kier molecular flexibility index (Phi) is 7.39. The van der Waals surface area contributed by atoms with Crippen LogP contribution in [0.3, 0.4) is 0 Å². The van der Waals surface area contributed by atoms with E-state index >= 15 is 0 Å². The minimum atomic E-state index is -4.40. The van der Waals surface area contributed by atoms with Crippen LogP contribution in [-0.4, -0.2) is 30.6 Å². The lowest BCUT2D eigenvalue weighted by Crippen LogP contribution is -2.37. The Morgan fingerprint density at radius 3 is 2.30 bits per heavy atom. The monoisotopic (exact) mass is 384 g/mol. The Bertz CT molecular complexity index is 718. The maximum atomic E-state index is 12.8. The third-order valence-corrected chi connectivity index (χ3v) is 3.65. The predicted octanol–water partition coefficient (Wildman–Crippen LogP) is 3.58. The summed E-state index contributed by atoms with van der Waals surface area (Å²) in [5.41, 5.74) is 0.122. The number of carbonyl (C=O) groups excluding carboxylic acids is 1. The van der Waals surface area contributed by atoms with Gasteiger partial charge in [0.25, 0.3) is 0 Å². The number of rotatable bonds is 8. The van der Waals surface area contributed by atoms with Crippen molar-refractivity contribution in [1.29, 1.82) is 0 Å². The number of benzene rings is 1. The summed E-state index contributed by atoms with van der Waals surface area (Å²) in [7, 11) is 0. The topological polar surface area (TPSA) is 66.0 Å². The summed E-state index contributed by atoms with van der Waals surface area (Å²) in [6.45, 7) is 1.27. The maximum absolute atomic E-state index is 12.8. The molecule has 0 aliphatic carbocycles. The van der Waals surface area contributed by atoms with Crippen LogP contribution in [0.2, 0.25) is 0 Å². The molecule has 1 heterocycles. The molecule has 2 aromatic rings. The van der Waals surface area contributed by atoms with E-state index in [0.29, 0.717) is 38.3 Å². The van der Waals surface area contributed by atoms with Crippen molar-refractivity contribution in [2.75, 3.05) is 25.0 Å². The molecule has 1 aromatic heterocycles. The van der Waals surface area contributed by atoms with Gasteiger partial charge in [0.15, 0.2) is 0 Å². The summed E-state index contributed by atoms with van der Waals surface area (Å²) in [5, 5.41) is 8.25. The highest BCUT2D eigenvalue weighted by Crippen LogP contribution is 2.28. The van der Waals surface area contributed by atoms with Crippen LogP contribution in [0.1, 0.15) is 17.5 Å². The molecule has 0 radical (unpaired) electrons. The zero-order valence-electron chi connectivity index (χ0n) is 14.4. The highest BCUT2D eigenvalue weighted by atomic mass is 19.4. The van der Waals surface area contributed by atoms with Crippen LogP contribution in [0.15, 0.2) is 42.6 Å². The van der Waals surface area contributed by atoms with Crippen molar-refractivity contribution in [2.45, 2.75) is 19.0 Å². The van der Waals surface area contributed by atoms with Crippen molar-refractivity contribution in [3.05, 3.63) is 59.5 Å². The van der Waals surface area contributed by atoms with Crippen LogP contribution < -0.4 is 16.0 Å². The van der Waals surface area contributed by atoms with E-state index in [1.54, 1.807) is 12.1 Å². The molecule has 0 aliphatic heterocycles. The van der Waals surface area contributed by atoms with Crippen molar-refractivity contribution < 1.29 is 22.4 Å². The van der Waals surface area contributed by atoms with E-state index in [-0.39, 0.29) is 11.8 Å². The van der Waals surface area contributed by atoms with Crippen molar-refractivity contribution >= 4 is 11.8 Å². The Morgan fingerprint density at radius 1 is 0.963 bits per heavy atom. The third kappa shape index (κ3) is 7.51. The molecule has 146 valence electrons. The molecule has 0 aliphatic rings. The lowest BCUT2D eigenvalue weighted by molar-refractivity contribution is -0.137. The van der Waals surface area contributed by atoms with Gasteiger partial charge in [0, 0.05) is 25.8 Å². The SMILES string of the molecule is O=C(NCCCNc1ccc(C(F)(F)F)cn1)NCCc1ccc(F)cc1. The number of nitrogens with zero attached hydrogens (tertiary/aromatic N) is 1. The van der Waals surface area contributed by atoms with Crippen LogP contribution in [0.5, 0.6) is 0 Å². The largest absolute Gasteiger partial charge is 0.417 e. The Hall–Kier alpha value is -2.84. The van der Waals surface area contributed by atoms with Crippen molar-refractivity contribution in [2.24, 2.45) is 0 Å². The van der Waals surface area contributed by atoms with Crippen molar-refractivity contribution in [3.8, 4) is 0 Å². The number of alkyl halides is 3. The first-order chi connectivity index (χ1) is 12.8. The summed E-state index contributed by atoms with van der Waals surface area (Å²) in [6, 6.07) is 7.97. The van der Waals surface area contributed by atoms with Gasteiger partial charge in [-0.3, -0.25) is 0 Å². The number of halogens is 4. The summed E-state index contributed by atoms with van der Waals surface area (Å²) < 4.78 is 50.1. The average molecular weight is 384 g/mol. The lowest BCUT2D eigenvalue weighted by atomic mass is 10.1. The molecule has 0 spiro atoms. The molecule has 0 bridgehead atoms. The molecule has 0 saturated carbocycles. The maximum Gasteiger partial charge on any atom is 0.417 e. The number of urea groups is 1. The molecule has 3 N–H and O–H groups in total. The highest BCUT2D eigenvalue weighted by Gasteiger charge is 2.30. The standard InChI is InChI=1S/C18H20F4N4O/c19-15-5-2-13(3-6-15)8-11-25-17(27)24-10-1-9-23-16-7-4-14(12-26-16)18(20,21)22/h2-7,12H,1,8-11H2,(H,23,26)(H2,24,25,27). The van der Waals surface area contributed by atoms with E-state index in [9.17, 15) is 22.4 Å². The molecular formula is C18H20F4N4O. The number of hydrogen-bond acceptors (Lipinski definition) is 3. The first-order valence-electron chi connectivity index (χ1n) is 8.38. The number of pyridine rings is 1. The number of hydrogen-bond donors (Lipinski definition) is 3. The van der Waals surface area contributed by atoms with E-state index in [0.717, 1.165) is 17.8 Å². The van der Waals surface area contributed by atoms with E-state index in [1.165, 1.54) is 18.2 Å². The molecule has 0 fully saturated rings. The zero-order valence-corrected chi connectivity index (χ0v) is 14.4. The first kappa shape index (κ1) is 20.5. The van der Waals surface area contributed by atoms with Gasteiger partial charge >= 0.3 is 12.2 Å². The fourth-order valence-electron chi connectivity index (χ4n) is 2.21. The van der Waals surface area contributed by atoms with Gasteiger partial charge in [-0.05, 0) is 42.7 Å². The summed E-state index contributed by atoms with van der Waals surface area (Å²) >= 11 is 0. The smallest absolute Gasteiger partial charge is 0.370 e. The Morgan fingerprint density at radius 2 is 1.67 bits per heavy atom. The molecule has 2 amide bonds. The minimum absolute atomic E-state index is 0.301. The average Bonchev–Trinajstić information content (AvgIpc) is 2.63. The molecule has 0 saturated heterocycles. The molecule has 2 rings (SSSR count). The van der Waals surface area contributed by atoms with E-state index in [4.69, 9.17) is 0 Å². The number of carbonyl (C=O) groups is 1. The third-order valence-electron chi connectivity index (χ3n) is 3.65. The minimum Gasteiger partial charge on any atom is -0.370 e. The van der Waals surface area contributed by atoms with E-state index in [1.807, 2.05) is 0 Å². The van der Waals surface area contributed by atoms with Crippen LogP contribution in [-0.2, 0) is 12.6 Å². The van der Waals surface area contributed by atoms with E-state index in [2.05, 4.69) is 20.9 Å². The van der Waals surface area contributed by atoms with Gasteiger partial charge in [0.1, 0.15) is 11.6 Å². The molecule has 0 atom stereocenters. The Labute approximate surface area is 154 Å². The second-order valence-corrected chi connectivity index (χ2v) is 5.77. The van der Waals surface area contributed by atoms with Gasteiger partial charge in [-0.2, -0.15) is 13.2 Å². The number of amides is 2. The fourth-order valence-corrected chi connectivity index (χ4v) is 2.21. The molecule has 1 aromatic carbocycles. The van der Waals surface area contributed by atoms with Gasteiger partial charge in [0.05, 0.1) is 5.56 Å². The molecule has 0 unspecified atom stereocenters. The van der Waals surface area contributed by atoms with Gasteiger partial charge < -0.3 is 16.0 Å². The van der Waals surface area contributed by atoms with Crippen LogP contribution >= 0.6 is 0 Å². The molecule has 5 nitrogen and oxygen atoms in total. The van der Waals surface area contributed by atoms with Crippen LogP contribution in [0.4, 0.5) is 28.2 Å². The number of nitrogens with one attached hydrogen (secondary N) is 3. The summed E-state index contributed by atoms with van der Waals surface area (Å²) in [4.78, 5) is 15.3. The van der Waals surface area contributed by atoms with Crippen LogP contribution in [0, 0.1) is 5.82 Å². The van der Waals surface area contributed by atoms with E-state index < -0.39 is 11.7 Å². The highest BCUT2D eigenvalue weighted by molar-refractivity contribution is 5.73. The number of aromatic nitrogens is 1. The zero-order chi connectivity index (χ0) is 19.7. The van der Waals surface area contributed by atoms with Gasteiger partial charge in [0.2, 0.25) is 0 Å². The second kappa shape index (κ2) is 9.75. The lowest BCUT2D eigenvalue weighted by Gasteiger charge is -2.10. The van der Waals surface area contributed by atoms with Gasteiger partial charge in [-0.1, -0.05) is 12.1 Å². The summed E-state index contributed by atoms with van der Waals surface area (Å²) in [6.07, 6.45) is -2.46. The molecular weight excluding hydrogens is 364 g/mol. The molecule has 27 heavy (non-hydrogen) atoms. The molecule has 9 heteroatoms. The van der Waals surface area contributed by atoms with Crippen molar-refractivity contribution in [1.82, 2.24) is 15.6 Å². The van der Waals surface area contributed by atoms with Gasteiger partial charge in [-0.25, -0.2) is 14.2 Å². The van der Waals surface area contributed by atoms with Crippen molar-refractivity contribution in [3.63, 3.8) is 0 Å². The fraction of sp³-hybridized carbons (Fsp3) is 0.333. The summed E-state index contributed by atoms with van der Waals surface area (Å²) in [5.74, 6) is 0.0382.